The number of hydrogen-bond donors (Lipinski definition) is 0. The van der Waals surface area contributed by atoms with Gasteiger partial charge in [-0.05, 0) is 25.7 Å². The molecule has 0 spiro atoms. The zero-order valence-corrected chi connectivity index (χ0v) is 35.4. The van der Waals surface area contributed by atoms with Crippen LogP contribution in [0.15, 0.2) is 0 Å². The fraction of sp³-hybridized carbons (Fsp3) is 0.977. The largest absolute Gasteiger partial charge is 1.00 e. The molecule has 0 aromatic carbocycles. The molecule has 7 heteroatoms. The van der Waals surface area contributed by atoms with Crippen LogP contribution in [0.1, 0.15) is 207 Å². The Kier molecular flexibility index (Phi) is 39.0. The first-order valence-corrected chi connectivity index (χ1v) is 22.5. The van der Waals surface area contributed by atoms with Crippen LogP contribution in [0.2, 0.25) is 0 Å². The molecule has 1 aliphatic heterocycles. The van der Waals surface area contributed by atoms with Crippen LogP contribution in [-0.4, -0.2) is 87.8 Å². The summed E-state index contributed by atoms with van der Waals surface area (Å²) in [5.41, 5.74) is 0. The van der Waals surface area contributed by atoms with E-state index in [0.717, 1.165) is 103 Å². The fourth-order valence-electron chi connectivity index (χ4n) is 7.59. The first-order valence-electron chi connectivity index (χ1n) is 22.5. The van der Waals surface area contributed by atoms with E-state index in [2.05, 4.69) is 25.7 Å². The van der Waals surface area contributed by atoms with Gasteiger partial charge in [0.15, 0.2) is 6.67 Å². The summed E-state index contributed by atoms with van der Waals surface area (Å²) in [5.74, 6) is 0.343. The Morgan fingerprint density at radius 3 is 1.04 bits per heavy atom. The highest BCUT2D eigenvalue weighted by atomic mass is 35.5. The molecule has 0 unspecified atom stereocenters. The third kappa shape index (κ3) is 31.6. The zero-order chi connectivity index (χ0) is 36.1. The summed E-state index contributed by atoms with van der Waals surface area (Å²) in [6.45, 7) is 17.0. The van der Waals surface area contributed by atoms with Crippen LogP contribution in [0.4, 0.5) is 0 Å². The molecule has 306 valence electrons. The molecule has 6 nitrogen and oxygen atoms in total. The molecular weight excluding hydrogens is 656 g/mol. The lowest BCUT2D eigenvalue weighted by molar-refractivity contribution is -0.936. The summed E-state index contributed by atoms with van der Waals surface area (Å²) in [6.07, 6.45) is 36.9. The first kappa shape index (κ1) is 50.6. The summed E-state index contributed by atoms with van der Waals surface area (Å²) >= 11 is 0. The number of carbonyl (C=O) groups is 1. The van der Waals surface area contributed by atoms with E-state index in [0.29, 0.717) is 12.3 Å². The molecule has 0 radical (unpaired) electrons. The van der Waals surface area contributed by atoms with Crippen LogP contribution < -0.4 is 12.4 Å². The second-order valence-electron chi connectivity index (χ2n) is 15.7. The maximum atomic E-state index is 12.8. The number of likely N-dealkylation sites (tertiary alicyclic amines) is 1. The Bertz CT molecular complexity index is 643. The minimum Gasteiger partial charge on any atom is -1.00 e. The number of hydrogen-bond acceptors (Lipinski definition) is 4. The molecule has 1 amide bonds. The van der Waals surface area contributed by atoms with Crippen molar-refractivity contribution < 1.29 is 35.9 Å². The normalized spacial score (nSPS) is 13.4. The van der Waals surface area contributed by atoms with Crippen LogP contribution in [0.25, 0.3) is 0 Å². The predicted octanol–water partition coefficient (Wildman–Crippen LogP) is 9.03. The molecule has 0 saturated carbocycles. The number of nitrogens with zero attached hydrogens (tertiary/aromatic N) is 2. The van der Waals surface area contributed by atoms with Gasteiger partial charge in [0.2, 0.25) is 5.91 Å². The van der Waals surface area contributed by atoms with Crippen molar-refractivity contribution in [2.45, 2.75) is 207 Å². The van der Waals surface area contributed by atoms with Crippen molar-refractivity contribution in [2.75, 3.05) is 72.5 Å². The number of amides is 1. The average molecular weight is 746 g/mol. The minimum absolute atomic E-state index is 0. The monoisotopic (exact) mass is 745 g/mol. The van der Waals surface area contributed by atoms with E-state index >= 15 is 0 Å². The first-order chi connectivity index (χ1) is 24.7. The minimum atomic E-state index is 0. The fourth-order valence-corrected chi connectivity index (χ4v) is 7.59. The molecule has 1 saturated heterocycles. The number of ether oxygens (including phenoxy) is 3. The van der Waals surface area contributed by atoms with Crippen molar-refractivity contribution in [3.63, 3.8) is 0 Å². The van der Waals surface area contributed by atoms with Gasteiger partial charge in [0.05, 0.1) is 39.5 Å². The number of carbonyl (C=O) groups excluding carboxylic acids is 1. The van der Waals surface area contributed by atoms with Gasteiger partial charge in [0.25, 0.3) is 0 Å². The van der Waals surface area contributed by atoms with Crippen molar-refractivity contribution >= 4 is 5.91 Å². The molecule has 1 heterocycles. The van der Waals surface area contributed by atoms with Crippen molar-refractivity contribution in [3.8, 4) is 0 Å². The van der Waals surface area contributed by atoms with E-state index in [1.54, 1.807) is 0 Å². The lowest BCUT2D eigenvalue weighted by atomic mass is 10.1. The number of quaternary nitrogens is 1. The molecule has 1 rings (SSSR count). The molecule has 51 heavy (non-hydrogen) atoms. The van der Waals surface area contributed by atoms with Gasteiger partial charge in [-0.3, -0.25) is 9.69 Å². The van der Waals surface area contributed by atoms with Gasteiger partial charge in [-0.2, -0.15) is 0 Å². The third-order valence-electron chi connectivity index (χ3n) is 10.8. The molecule has 0 bridgehead atoms. The van der Waals surface area contributed by atoms with Crippen molar-refractivity contribution in [1.82, 2.24) is 4.90 Å². The highest BCUT2D eigenvalue weighted by Crippen LogP contribution is 2.19. The van der Waals surface area contributed by atoms with Gasteiger partial charge in [-0.15, -0.1) is 0 Å². The Balaban J connectivity index is 0.0000250. The topological polar surface area (TPSA) is 48.0 Å². The smallest absolute Gasteiger partial charge is 0.226 e. The van der Waals surface area contributed by atoms with Crippen molar-refractivity contribution in [3.05, 3.63) is 0 Å². The van der Waals surface area contributed by atoms with Gasteiger partial charge in [0, 0.05) is 52.0 Å². The number of rotatable bonds is 41. The predicted molar refractivity (Wildman–Crippen MR) is 215 cm³/mol. The number of unbranched alkanes of at least 4 members (excludes halogenated alkanes) is 21. The molecular formula is C44H89ClN2O4. The molecule has 0 aromatic rings. The SMILES string of the molecule is CCCCCCCCCCOCCC[N+](CCCOCCCCCCCCCC)(CCCOCCCCCCCCCC)CN1CCCC1=O.[Cl-]. The van der Waals surface area contributed by atoms with Crippen LogP contribution >= 0.6 is 0 Å². The van der Waals surface area contributed by atoms with Gasteiger partial charge in [-0.1, -0.05) is 156 Å². The molecule has 1 aliphatic rings. The molecule has 0 atom stereocenters. The highest BCUT2D eigenvalue weighted by molar-refractivity contribution is 5.77. The van der Waals surface area contributed by atoms with Gasteiger partial charge < -0.3 is 31.1 Å². The van der Waals surface area contributed by atoms with E-state index in [-0.39, 0.29) is 12.4 Å². The number of halogens is 1. The Labute approximate surface area is 325 Å². The van der Waals surface area contributed by atoms with E-state index in [1.807, 2.05) is 0 Å². The zero-order valence-electron chi connectivity index (χ0n) is 34.7. The molecule has 0 aliphatic carbocycles. The summed E-state index contributed by atoms with van der Waals surface area (Å²) in [7, 11) is 0. The molecule has 1 fully saturated rings. The van der Waals surface area contributed by atoms with Crippen LogP contribution in [-0.2, 0) is 19.0 Å². The summed E-state index contributed by atoms with van der Waals surface area (Å²) in [4.78, 5) is 15.0. The van der Waals surface area contributed by atoms with Crippen LogP contribution in [0.5, 0.6) is 0 Å². The third-order valence-corrected chi connectivity index (χ3v) is 10.8. The Hall–Kier alpha value is -0.400. The van der Waals surface area contributed by atoms with Crippen LogP contribution in [0, 0.1) is 0 Å². The highest BCUT2D eigenvalue weighted by Gasteiger charge is 2.33. The Morgan fingerprint density at radius 2 is 0.745 bits per heavy atom. The van der Waals surface area contributed by atoms with Crippen molar-refractivity contribution in [2.24, 2.45) is 0 Å². The summed E-state index contributed by atoms with van der Waals surface area (Å²) in [5, 5.41) is 0. The summed E-state index contributed by atoms with van der Waals surface area (Å²) < 4.78 is 19.4. The maximum absolute atomic E-state index is 12.8. The lowest BCUT2D eigenvalue weighted by Gasteiger charge is -2.41. The second kappa shape index (κ2) is 39.3. The lowest BCUT2D eigenvalue weighted by Crippen LogP contribution is -3.00. The van der Waals surface area contributed by atoms with E-state index in [1.165, 1.54) is 154 Å². The van der Waals surface area contributed by atoms with Gasteiger partial charge in [-0.25, -0.2) is 0 Å². The molecule has 0 N–H and O–H groups in total. The van der Waals surface area contributed by atoms with E-state index in [9.17, 15) is 4.79 Å². The van der Waals surface area contributed by atoms with Gasteiger partial charge in [0.1, 0.15) is 0 Å². The Morgan fingerprint density at radius 1 is 0.451 bits per heavy atom. The van der Waals surface area contributed by atoms with E-state index < -0.39 is 0 Å². The van der Waals surface area contributed by atoms with Gasteiger partial charge >= 0.3 is 0 Å². The van der Waals surface area contributed by atoms with E-state index in [4.69, 9.17) is 14.2 Å². The average Bonchev–Trinajstić information content (AvgIpc) is 3.52. The standard InChI is InChI=1S/C44H89N2O4.ClH/c1-4-7-10-13-16-19-22-25-37-48-40-29-34-46(43-45-33-28-32-44(45)47,35-30-41-49-38-26-23-20-17-14-11-8-5-2)36-31-42-50-39-27-24-21-18-15-12-9-6-3;/h4-43H2,1-3H3;1H/q+1;/p-1. The maximum Gasteiger partial charge on any atom is 0.226 e. The second-order valence-corrected chi connectivity index (χ2v) is 15.7. The summed E-state index contributed by atoms with van der Waals surface area (Å²) in [6, 6.07) is 0. The van der Waals surface area contributed by atoms with Crippen molar-refractivity contribution in [1.29, 1.82) is 0 Å². The van der Waals surface area contributed by atoms with Crippen LogP contribution in [0.3, 0.4) is 0 Å². The molecule has 0 aromatic heterocycles. The quantitative estimate of drug-likeness (QED) is 0.0463.